The molecule has 13 heteroatoms. The average molecular weight is 778 g/mol. The highest BCUT2D eigenvalue weighted by Crippen LogP contribution is 2.44. The summed E-state index contributed by atoms with van der Waals surface area (Å²) in [6, 6.07) is 19.0. The van der Waals surface area contributed by atoms with Gasteiger partial charge in [-0.15, -0.1) is 0 Å². The van der Waals surface area contributed by atoms with Gasteiger partial charge in [-0.3, -0.25) is 34.2 Å². The largest absolute Gasteiger partial charge is 0.370 e. The lowest BCUT2D eigenvalue weighted by Crippen LogP contribution is -2.46. The molecule has 4 aliphatic heterocycles. The molecule has 2 aromatic heterocycles. The van der Waals surface area contributed by atoms with Crippen LogP contribution in [-0.4, -0.2) is 70.5 Å². The molecule has 6 heterocycles. The topological polar surface area (TPSA) is 104 Å². The van der Waals surface area contributed by atoms with Crippen LogP contribution in [0.4, 0.5) is 20.2 Å². The van der Waals surface area contributed by atoms with Gasteiger partial charge >= 0.3 is 0 Å². The van der Waals surface area contributed by atoms with E-state index in [4.69, 9.17) is 16.6 Å². The normalized spacial score (nSPS) is 20.0. The number of aromatic nitrogens is 3. The fourth-order valence-electron chi connectivity index (χ4n) is 9.14. The Morgan fingerprint density at radius 1 is 0.857 bits per heavy atom. The molecular weight excluding hydrogens is 736 g/mol. The minimum Gasteiger partial charge on any atom is -0.370 e. The van der Waals surface area contributed by atoms with Crippen molar-refractivity contribution in [3.05, 3.63) is 122 Å². The second-order valence-corrected chi connectivity index (χ2v) is 16.4. The van der Waals surface area contributed by atoms with Gasteiger partial charge in [-0.25, -0.2) is 8.78 Å². The molecule has 3 fully saturated rings. The average Bonchev–Trinajstić information content (AvgIpc) is 3.41. The molecule has 0 saturated carbocycles. The fourth-order valence-corrected chi connectivity index (χ4v) is 9.39. The van der Waals surface area contributed by atoms with E-state index in [1.54, 1.807) is 6.07 Å². The molecule has 4 aliphatic rings. The molecule has 0 aliphatic carbocycles. The number of hydrogen-bond acceptors (Lipinski definition) is 8. The van der Waals surface area contributed by atoms with Crippen molar-refractivity contribution in [2.24, 2.45) is 0 Å². The summed E-state index contributed by atoms with van der Waals surface area (Å²) in [5.74, 6) is -2.80. The summed E-state index contributed by atoms with van der Waals surface area (Å²) in [6.45, 7) is 9.94. The third-order valence-electron chi connectivity index (χ3n) is 12.3. The van der Waals surface area contributed by atoms with Crippen LogP contribution in [-0.2, 0) is 21.5 Å². The number of anilines is 2. The maximum Gasteiger partial charge on any atom is 0.282 e. The Bertz CT molecular complexity index is 2430. The van der Waals surface area contributed by atoms with E-state index >= 15 is 8.78 Å². The molecule has 2 amide bonds. The van der Waals surface area contributed by atoms with E-state index in [1.165, 1.54) is 12.1 Å². The molecule has 288 valence electrons. The fraction of sp³-hybridized carbons (Fsp3) is 0.372. The molecule has 3 saturated heterocycles. The van der Waals surface area contributed by atoms with Gasteiger partial charge < -0.3 is 9.80 Å². The predicted octanol–water partition coefficient (Wildman–Crippen LogP) is 6.58. The highest BCUT2D eigenvalue weighted by molar-refractivity contribution is 6.35. The molecule has 0 bridgehead atoms. The third kappa shape index (κ3) is 6.32. The summed E-state index contributed by atoms with van der Waals surface area (Å²) in [6.07, 6.45) is 3.55. The van der Waals surface area contributed by atoms with E-state index in [0.717, 1.165) is 98.3 Å². The number of amides is 2. The number of nitrogens with one attached hydrogen (secondary N) is 1. The van der Waals surface area contributed by atoms with Crippen molar-refractivity contribution in [1.29, 1.82) is 0 Å². The number of fused-ring (bicyclic) bond motifs is 5. The van der Waals surface area contributed by atoms with E-state index in [9.17, 15) is 14.4 Å². The van der Waals surface area contributed by atoms with Gasteiger partial charge in [0.2, 0.25) is 11.8 Å². The zero-order valence-corrected chi connectivity index (χ0v) is 32.1. The quantitative estimate of drug-likeness (QED) is 0.193. The monoisotopic (exact) mass is 777 g/mol. The lowest BCUT2D eigenvalue weighted by molar-refractivity contribution is -0.134. The van der Waals surface area contributed by atoms with Crippen molar-refractivity contribution in [3.63, 3.8) is 0 Å². The highest BCUT2D eigenvalue weighted by Gasteiger charge is 2.39. The predicted molar refractivity (Wildman–Crippen MR) is 212 cm³/mol. The lowest BCUT2D eigenvalue weighted by atomic mass is 9.85. The summed E-state index contributed by atoms with van der Waals surface area (Å²) < 4.78 is 32.5. The van der Waals surface area contributed by atoms with Gasteiger partial charge in [0.1, 0.15) is 17.5 Å². The Balaban J connectivity index is 0.810. The van der Waals surface area contributed by atoms with E-state index in [1.807, 2.05) is 18.3 Å². The van der Waals surface area contributed by atoms with Crippen LogP contribution in [0.15, 0.2) is 71.7 Å². The second kappa shape index (κ2) is 14.1. The Morgan fingerprint density at radius 3 is 2.27 bits per heavy atom. The molecule has 1 N–H and O–H groups in total. The summed E-state index contributed by atoms with van der Waals surface area (Å²) >= 11 is 6.48. The number of carbonyl (C=O) groups excluding carboxylic acids is 2. The van der Waals surface area contributed by atoms with Gasteiger partial charge in [0.05, 0.1) is 50.5 Å². The highest BCUT2D eigenvalue weighted by atomic mass is 35.5. The zero-order chi connectivity index (χ0) is 38.9. The van der Waals surface area contributed by atoms with Crippen molar-refractivity contribution in [1.82, 2.24) is 24.8 Å². The first-order valence-electron chi connectivity index (χ1n) is 19.3. The molecule has 1 atom stereocenters. The van der Waals surface area contributed by atoms with Crippen LogP contribution < -0.4 is 20.7 Å². The van der Waals surface area contributed by atoms with Gasteiger partial charge in [-0.1, -0.05) is 23.7 Å². The molecule has 5 aromatic rings. The van der Waals surface area contributed by atoms with Crippen LogP contribution in [0.1, 0.15) is 79.6 Å². The smallest absolute Gasteiger partial charge is 0.282 e. The summed E-state index contributed by atoms with van der Waals surface area (Å²) in [7, 11) is 0. The molecule has 56 heavy (non-hydrogen) atoms. The summed E-state index contributed by atoms with van der Waals surface area (Å²) in [4.78, 5) is 53.2. The Labute approximate surface area is 328 Å². The molecule has 3 aromatic carbocycles. The number of imide groups is 1. The standard InChI is InChI=1S/C43H42ClF2N7O3/c1-43(2)31-10-8-28(22-36(31)53-35-5-3-4-32(44)39(35)41(56)49-42(43)53)52-18-16-50(17-19-52)24-27-6-7-29(23-47-27)51-14-12-25(13-15-51)26-20-33(45)38(34(46)21-26)30-9-11-37(54)48-40(30)55/h3-8,10,20-23,25,30H,9,11-19,24H2,1-2H3,(H,48,54,55). The summed E-state index contributed by atoms with van der Waals surface area (Å²) in [5, 5.41) is 3.04. The van der Waals surface area contributed by atoms with Crippen LogP contribution in [0.2, 0.25) is 5.02 Å². The second-order valence-electron chi connectivity index (χ2n) is 16.0. The van der Waals surface area contributed by atoms with E-state index in [-0.39, 0.29) is 29.9 Å². The molecule has 10 nitrogen and oxygen atoms in total. The third-order valence-corrected chi connectivity index (χ3v) is 12.6. The van der Waals surface area contributed by atoms with Crippen molar-refractivity contribution in [3.8, 4) is 5.69 Å². The number of benzene rings is 3. The first-order valence-corrected chi connectivity index (χ1v) is 19.7. The number of piperazine rings is 1. The van der Waals surface area contributed by atoms with Crippen LogP contribution >= 0.6 is 11.6 Å². The first kappa shape index (κ1) is 36.4. The number of halogens is 3. The van der Waals surface area contributed by atoms with Crippen molar-refractivity contribution in [2.75, 3.05) is 49.1 Å². The summed E-state index contributed by atoms with van der Waals surface area (Å²) in [5.41, 5.74) is 5.70. The molecule has 1 unspecified atom stereocenters. The van der Waals surface area contributed by atoms with Crippen LogP contribution in [0.5, 0.6) is 0 Å². The van der Waals surface area contributed by atoms with E-state index in [0.29, 0.717) is 16.0 Å². The minimum absolute atomic E-state index is 0.00168. The Morgan fingerprint density at radius 2 is 1.57 bits per heavy atom. The van der Waals surface area contributed by atoms with E-state index in [2.05, 4.69) is 73.7 Å². The van der Waals surface area contributed by atoms with Gasteiger partial charge in [0.25, 0.3) is 5.56 Å². The SMILES string of the molecule is CC1(C)c2ccc(N3CCN(Cc4ccc(N5CCC(c6cc(F)c(C7CCC(=O)NC7=O)c(F)c6)CC5)cn4)CC3)cc2-n2c1nc(=O)c1c(Cl)cccc12. The number of piperidine rings is 2. The number of carbonyl (C=O) groups is 2. The number of pyridine rings is 1. The van der Waals surface area contributed by atoms with Crippen LogP contribution in [0, 0.1) is 11.6 Å². The van der Waals surface area contributed by atoms with Crippen LogP contribution in [0.3, 0.4) is 0 Å². The molecule has 0 spiro atoms. The number of nitrogens with zero attached hydrogens (tertiary/aromatic N) is 6. The Hall–Kier alpha value is -5.20. The van der Waals surface area contributed by atoms with Gasteiger partial charge in [-0.2, -0.15) is 4.98 Å². The maximum absolute atomic E-state index is 15.2. The minimum atomic E-state index is -0.998. The molecular formula is C43H42ClF2N7O3. The van der Waals surface area contributed by atoms with Crippen molar-refractivity contribution < 1.29 is 18.4 Å². The first-order chi connectivity index (χ1) is 27.0. The van der Waals surface area contributed by atoms with Crippen molar-refractivity contribution >= 4 is 45.7 Å². The molecule has 0 radical (unpaired) electrons. The maximum atomic E-state index is 15.2. The zero-order valence-electron chi connectivity index (χ0n) is 31.3. The number of rotatable bonds is 6. The lowest BCUT2D eigenvalue weighted by Gasteiger charge is -2.36. The van der Waals surface area contributed by atoms with Crippen LogP contribution in [0.25, 0.3) is 16.6 Å². The number of hydrogen-bond donors (Lipinski definition) is 1. The van der Waals surface area contributed by atoms with Gasteiger partial charge in [-0.05, 0) is 98.7 Å². The van der Waals surface area contributed by atoms with Gasteiger partial charge in [0.15, 0.2) is 0 Å². The van der Waals surface area contributed by atoms with E-state index < -0.39 is 34.8 Å². The Kier molecular flexibility index (Phi) is 9.16. The molecule has 9 rings (SSSR count). The van der Waals surface area contributed by atoms with Gasteiger partial charge in [0, 0.05) is 63.5 Å². The van der Waals surface area contributed by atoms with Crippen molar-refractivity contribution in [2.45, 2.75) is 63.3 Å².